The second-order valence-corrected chi connectivity index (χ2v) is 6.08. The van der Waals surface area contributed by atoms with Crippen LogP contribution in [-0.4, -0.2) is 41.9 Å². The Kier molecular flexibility index (Phi) is 5.18. The van der Waals surface area contributed by atoms with Crippen molar-refractivity contribution in [3.63, 3.8) is 0 Å². The topological polar surface area (TPSA) is 52.9 Å². The number of nitrogens with zero attached hydrogens (tertiary/aromatic N) is 1. The van der Waals surface area contributed by atoms with E-state index in [1.54, 1.807) is 19.2 Å². The lowest BCUT2D eigenvalue weighted by atomic mass is 9.99. The second-order valence-electron chi connectivity index (χ2n) is 6.08. The van der Waals surface area contributed by atoms with Gasteiger partial charge in [-0.2, -0.15) is 0 Å². The number of aliphatic hydroxyl groups is 1. The van der Waals surface area contributed by atoms with Crippen LogP contribution in [0.15, 0.2) is 54.6 Å². The molecule has 4 heteroatoms. The van der Waals surface area contributed by atoms with Gasteiger partial charge in [0, 0.05) is 19.6 Å². The Hall–Kier alpha value is -2.30. The summed E-state index contributed by atoms with van der Waals surface area (Å²) in [6.45, 7) is 2.33. The van der Waals surface area contributed by atoms with E-state index in [2.05, 4.69) is 11.0 Å². The number of aromatic hydroxyl groups is 1. The highest BCUT2D eigenvalue weighted by Gasteiger charge is 2.17. The van der Waals surface area contributed by atoms with Crippen molar-refractivity contribution >= 4 is 5.57 Å². The Morgan fingerprint density at radius 2 is 1.96 bits per heavy atom. The minimum atomic E-state index is -0.524. The Labute approximate surface area is 142 Å². The number of aliphatic hydroxyl groups excluding tert-OH is 1. The van der Waals surface area contributed by atoms with Gasteiger partial charge in [0.25, 0.3) is 0 Å². The monoisotopic (exact) mass is 325 g/mol. The zero-order valence-electron chi connectivity index (χ0n) is 13.9. The Bertz CT molecular complexity index is 709. The van der Waals surface area contributed by atoms with Gasteiger partial charge >= 0.3 is 0 Å². The lowest BCUT2D eigenvalue weighted by Gasteiger charge is -2.28. The molecule has 0 radical (unpaired) electrons. The number of rotatable bonds is 5. The van der Waals surface area contributed by atoms with Crippen LogP contribution in [0.4, 0.5) is 0 Å². The molecule has 3 rings (SSSR count). The van der Waals surface area contributed by atoms with Gasteiger partial charge < -0.3 is 14.9 Å². The first-order valence-electron chi connectivity index (χ1n) is 8.18. The molecular weight excluding hydrogens is 302 g/mol. The zero-order valence-corrected chi connectivity index (χ0v) is 13.9. The van der Waals surface area contributed by atoms with Crippen molar-refractivity contribution in [3.05, 3.63) is 65.7 Å². The number of benzene rings is 2. The number of β-amino-alcohol motifs (C(OH)–C–C–N with tert-alkyl or cyclic N) is 1. The van der Waals surface area contributed by atoms with Gasteiger partial charge in [-0.15, -0.1) is 0 Å². The van der Waals surface area contributed by atoms with Crippen LogP contribution in [0.5, 0.6) is 11.5 Å². The molecule has 0 spiro atoms. The lowest BCUT2D eigenvalue weighted by molar-refractivity contribution is 0.119. The summed E-state index contributed by atoms with van der Waals surface area (Å²) in [7, 11) is 1.63. The normalized spacial score (nSPS) is 16.5. The average Bonchev–Trinajstić information content (AvgIpc) is 2.63. The molecule has 126 valence electrons. The van der Waals surface area contributed by atoms with E-state index >= 15 is 0 Å². The lowest BCUT2D eigenvalue weighted by Crippen LogP contribution is -2.32. The summed E-state index contributed by atoms with van der Waals surface area (Å²) < 4.78 is 5.21. The average molecular weight is 325 g/mol. The molecule has 0 aliphatic carbocycles. The molecule has 24 heavy (non-hydrogen) atoms. The molecule has 0 fully saturated rings. The van der Waals surface area contributed by atoms with Crippen molar-refractivity contribution in [1.29, 1.82) is 0 Å². The first-order chi connectivity index (χ1) is 11.7. The molecule has 2 aromatic carbocycles. The molecule has 0 saturated carbocycles. The second kappa shape index (κ2) is 7.51. The highest BCUT2D eigenvalue weighted by molar-refractivity contribution is 5.67. The maximum atomic E-state index is 10.5. The predicted octanol–water partition coefficient (Wildman–Crippen LogP) is 3.22. The predicted molar refractivity (Wildman–Crippen MR) is 95.1 cm³/mol. The van der Waals surface area contributed by atoms with Crippen molar-refractivity contribution < 1.29 is 14.9 Å². The van der Waals surface area contributed by atoms with Crippen LogP contribution in [0.2, 0.25) is 0 Å². The zero-order chi connectivity index (χ0) is 16.9. The van der Waals surface area contributed by atoms with Crippen LogP contribution >= 0.6 is 0 Å². The molecule has 1 unspecified atom stereocenters. The van der Waals surface area contributed by atoms with Crippen molar-refractivity contribution in [2.75, 3.05) is 26.7 Å². The van der Waals surface area contributed by atoms with Crippen LogP contribution in [0.25, 0.3) is 5.57 Å². The van der Waals surface area contributed by atoms with Crippen molar-refractivity contribution in [2.24, 2.45) is 0 Å². The van der Waals surface area contributed by atoms with Crippen LogP contribution in [0, 0.1) is 0 Å². The Morgan fingerprint density at radius 1 is 1.17 bits per heavy atom. The molecule has 0 aromatic heterocycles. The van der Waals surface area contributed by atoms with Gasteiger partial charge in [-0.1, -0.05) is 30.3 Å². The van der Waals surface area contributed by atoms with Gasteiger partial charge in [0.2, 0.25) is 0 Å². The van der Waals surface area contributed by atoms with Crippen LogP contribution < -0.4 is 4.74 Å². The third kappa shape index (κ3) is 3.96. The van der Waals surface area contributed by atoms with Gasteiger partial charge in [-0.25, -0.2) is 0 Å². The third-order valence-electron chi connectivity index (χ3n) is 4.44. The first kappa shape index (κ1) is 16.6. The summed E-state index contributed by atoms with van der Waals surface area (Å²) in [5.41, 5.74) is 3.32. The van der Waals surface area contributed by atoms with Crippen LogP contribution in [0.1, 0.15) is 23.7 Å². The standard InChI is InChI=1S/C20H23NO3/c1-24-19-4-2-3-17(13-19)20(23)14-21-11-9-16(10-12-21)15-5-7-18(22)8-6-15/h2-9,13,20,22-23H,10-12,14H2,1H3. The number of hydrogen-bond donors (Lipinski definition) is 2. The molecule has 2 N–H and O–H groups in total. The van der Waals surface area contributed by atoms with Gasteiger partial charge in [0.15, 0.2) is 0 Å². The maximum Gasteiger partial charge on any atom is 0.119 e. The Balaban J connectivity index is 1.60. The van der Waals surface area contributed by atoms with Gasteiger partial charge in [-0.3, -0.25) is 4.90 Å². The van der Waals surface area contributed by atoms with Crippen molar-refractivity contribution in [2.45, 2.75) is 12.5 Å². The first-order valence-corrected chi connectivity index (χ1v) is 8.18. The summed E-state index contributed by atoms with van der Waals surface area (Å²) in [5, 5.41) is 19.8. The number of phenolic OH excluding ortho intramolecular Hbond substituents is 1. The largest absolute Gasteiger partial charge is 0.508 e. The van der Waals surface area contributed by atoms with Crippen LogP contribution in [-0.2, 0) is 0 Å². The highest BCUT2D eigenvalue weighted by Crippen LogP contribution is 2.26. The highest BCUT2D eigenvalue weighted by atomic mass is 16.5. The quantitative estimate of drug-likeness (QED) is 0.886. The fraction of sp³-hybridized carbons (Fsp3) is 0.300. The number of ether oxygens (including phenoxy) is 1. The van der Waals surface area contributed by atoms with Crippen LogP contribution in [0.3, 0.4) is 0 Å². The molecule has 1 heterocycles. The van der Waals surface area contributed by atoms with Crippen molar-refractivity contribution in [1.82, 2.24) is 4.90 Å². The fourth-order valence-corrected chi connectivity index (χ4v) is 3.01. The summed E-state index contributed by atoms with van der Waals surface area (Å²) in [4.78, 5) is 2.24. The van der Waals surface area contributed by atoms with E-state index < -0.39 is 6.10 Å². The number of methoxy groups -OCH3 is 1. The minimum Gasteiger partial charge on any atom is -0.508 e. The maximum absolute atomic E-state index is 10.5. The van der Waals surface area contributed by atoms with Gasteiger partial charge in [0.1, 0.15) is 11.5 Å². The molecule has 1 aliphatic heterocycles. The smallest absolute Gasteiger partial charge is 0.119 e. The summed E-state index contributed by atoms with van der Waals surface area (Å²) in [6, 6.07) is 14.9. The SMILES string of the molecule is COc1cccc(C(O)CN2CC=C(c3ccc(O)cc3)CC2)c1. The molecule has 0 amide bonds. The summed E-state index contributed by atoms with van der Waals surface area (Å²) in [6.07, 6.45) is 2.62. The third-order valence-corrected chi connectivity index (χ3v) is 4.44. The molecule has 0 saturated heterocycles. The summed E-state index contributed by atoms with van der Waals surface area (Å²) >= 11 is 0. The summed E-state index contributed by atoms with van der Waals surface area (Å²) in [5.74, 6) is 1.05. The molecular formula is C20H23NO3. The molecule has 4 nitrogen and oxygen atoms in total. The van der Waals surface area contributed by atoms with E-state index in [-0.39, 0.29) is 5.75 Å². The van der Waals surface area contributed by atoms with E-state index in [0.29, 0.717) is 6.54 Å². The number of hydrogen-bond acceptors (Lipinski definition) is 4. The van der Waals surface area contributed by atoms with E-state index in [9.17, 15) is 10.2 Å². The van der Waals surface area contributed by atoms with E-state index in [1.165, 1.54) is 5.57 Å². The van der Waals surface area contributed by atoms with E-state index in [4.69, 9.17) is 4.74 Å². The number of phenols is 1. The van der Waals surface area contributed by atoms with Crippen molar-refractivity contribution in [3.8, 4) is 11.5 Å². The Morgan fingerprint density at radius 3 is 2.62 bits per heavy atom. The molecule has 2 aromatic rings. The minimum absolute atomic E-state index is 0.290. The molecule has 1 aliphatic rings. The van der Waals surface area contributed by atoms with Gasteiger partial charge in [0.05, 0.1) is 13.2 Å². The molecule has 1 atom stereocenters. The van der Waals surface area contributed by atoms with Gasteiger partial charge in [-0.05, 0) is 47.4 Å². The van der Waals surface area contributed by atoms with E-state index in [1.807, 2.05) is 36.4 Å². The molecule has 0 bridgehead atoms. The van der Waals surface area contributed by atoms with E-state index in [0.717, 1.165) is 36.4 Å². The fourth-order valence-electron chi connectivity index (χ4n) is 3.01.